The molecule has 182 valence electrons. The molecule has 1 aromatic heterocycles. The minimum Gasteiger partial charge on any atom is -0.353 e. The van der Waals surface area contributed by atoms with Crippen LogP contribution in [0, 0.1) is 5.82 Å². The van der Waals surface area contributed by atoms with Crippen molar-refractivity contribution in [3.8, 4) is 0 Å². The molecule has 6 nitrogen and oxygen atoms in total. The standard InChI is InChI=1S/C23H30FN5OS.2ClH/c1-15(2)25-12-19(17-4-6-18(24)7-5-17)23(30)29-10-8-28(9-11-29)22-21-16(3)31-13-20(21)26-14-27-22;;/h4-7,14-16,19,25H,8-13H2,1-3H3;2*1H/t16-,19?;;/m0../s1. The molecule has 1 fully saturated rings. The lowest BCUT2D eigenvalue weighted by atomic mass is 9.96. The van der Waals surface area contributed by atoms with E-state index >= 15 is 0 Å². The molecule has 1 aromatic carbocycles. The highest BCUT2D eigenvalue weighted by atomic mass is 35.5. The van der Waals surface area contributed by atoms with Gasteiger partial charge in [-0.2, -0.15) is 0 Å². The molecule has 1 unspecified atom stereocenters. The number of thioether (sulfide) groups is 1. The Morgan fingerprint density at radius 2 is 1.82 bits per heavy atom. The first kappa shape index (κ1) is 27.6. The summed E-state index contributed by atoms with van der Waals surface area (Å²) < 4.78 is 13.4. The van der Waals surface area contributed by atoms with Gasteiger partial charge in [0.2, 0.25) is 5.91 Å². The van der Waals surface area contributed by atoms with Crippen LogP contribution in [0.1, 0.15) is 48.8 Å². The second kappa shape index (κ2) is 12.2. The van der Waals surface area contributed by atoms with Crippen molar-refractivity contribution in [1.29, 1.82) is 0 Å². The van der Waals surface area contributed by atoms with Gasteiger partial charge in [0.1, 0.15) is 18.0 Å². The lowest BCUT2D eigenvalue weighted by molar-refractivity contribution is -0.133. The van der Waals surface area contributed by atoms with Crippen LogP contribution in [0.4, 0.5) is 10.2 Å². The first-order valence-electron chi connectivity index (χ1n) is 10.9. The molecule has 1 amide bonds. The number of carbonyl (C=O) groups is 1. The molecule has 0 bridgehead atoms. The molecule has 2 atom stereocenters. The average molecular weight is 517 g/mol. The Morgan fingerprint density at radius 3 is 2.45 bits per heavy atom. The van der Waals surface area contributed by atoms with Gasteiger partial charge in [-0.15, -0.1) is 36.6 Å². The Balaban J connectivity index is 0.00000193. The Morgan fingerprint density at radius 1 is 1.15 bits per heavy atom. The smallest absolute Gasteiger partial charge is 0.231 e. The molecule has 0 aliphatic carbocycles. The number of halogens is 3. The molecule has 3 heterocycles. The molecule has 0 radical (unpaired) electrons. The van der Waals surface area contributed by atoms with Gasteiger partial charge in [0.25, 0.3) is 0 Å². The summed E-state index contributed by atoms with van der Waals surface area (Å²) in [5.74, 6) is 1.44. The van der Waals surface area contributed by atoms with E-state index in [1.54, 1.807) is 18.5 Å². The van der Waals surface area contributed by atoms with E-state index in [2.05, 4.69) is 41.0 Å². The van der Waals surface area contributed by atoms with Crippen molar-refractivity contribution in [3.63, 3.8) is 0 Å². The fourth-order valence-corrected chi connectivity index (χ4v) is 5.29. The molecule has 2 aliphatic heterocycles. The SMILES string of the molecule is CC(C)NCC(C(=O)N1CCN(c2ncnc3c2[C@H](C)SC3)CC1)c1ccc(F)cc1.Cl.Cl. The van der Waals surface area contributed by atoms with Gasteiger partial charge in [-0.25, -0.2) is 14.4 Å². The normalized spacial score (nSPS) is 18.4. The molecular weight excluding hydrogens is 484 g/mol. The number of nitrogens with one attached hydrogen (secondary N) is 1. The van der Waals surface area contributed by atoms with Crippen LogP contribution >= 0.6 is 36.6 Å². The topological polar surface area (TPSA) is 61.4 Å². The average Bonchev–Trinajstić information content (AvgIpc) is 3.16. The first-order chi connectivity index (χ1) is 14.9. The summed E-state index contributed by atoms with van der Waals surface area (Å²) in [4.78, 5) is 26.7. The number of aromatic nitrogens is 2. The van der Waals surface area contributed by atoms with Crippen molar-refractivity contribution < 1.29 is 9.18 Å². The molecule has 4 rings (SSSR count). The number of anilines is 1. The van der Waals surface area contributed by atoms with Gasteiger partial charge in [-0.1, -0.05) is 26.0 Å². The number of nitrogens with zero attached hydrogens (tertiary/aromatic N) is 4. The molecule has 2 aliphatic rings. The fourth-order valence-electron chi connectivity index (χ4n) is 4.25. The predicted octanol–water partition coefficient (Wildman–Crippen LogP) is 4.20. The summed E-state index contributed by atoms with van der Waals surface area (Å²) in [6.07, 6.45) is 1.66. The third kappa shape index (κ3) is 6.29. The number of piperazine rings is 1. The number of hydrogen-bond donors (Lipinski definition) is 1. The summed E-state index contributed by atoms with van der Waals surface area (Å²) in [6, 6.07) is 6.57. The summed E-state index contributed by atoms with van der Waals surface area (Å²) in [5, 5.41) is 3.77. The Bertz CT molecular complexity index is 926. The van der Waals surface area contributed by atoms with Gasteiger partial charge in [-0.3, -0.25) is 4.79 Å². The van der Waals surface area contributed by atoms with Gasteiger partial charge in [0, 0.05) is 55.3 Å². The van der Waals surface area contributed by atoms with E-state index in [4.69, 9.17) is 0 Å². The molecule has 2 aromatic rings. The number of benzene rings is 1. The maximum absolute atomic E-state index is 13.4. The van der Waals surface area contributed by atoms with Crippen molar-refractivity contribution in [2.45, 2.75) is 43.7 Å². The van der Waals surface area contributed by atoms with Crippen LogP contribution in [0.15, 0.2) is 30.6 Å². The summed E-state index contributed by atoms with van der Waals surface area (Å²) in [6.45, 7) is 9.67. The van der Waals surface area contributed by atoms with E-state index in [0.717, 1.165) is 35.9 Å². The lowest BCUT2D eigenvalue weighted by Gasteiger charge is -2.38. The number of fused-ring (bicyclic) bond motifs is 1. The molecule has 33 heavy (non-hydrogen) atoms. The molecule has 10 heteroatoms. The Labute approximate surface area is 211 Å². The fraction of sp³-hybridized carbons (Fsp3) is 0.522. The zero-order chi connectivity index (χ0) is 22.0. The van der Waals surface area contributed by atoms with E-state index in [1.165, 1.54) is 17.7 Å². The maximum atomic E-state index is 13.4. The van der Waals surface area contributed by atoms with E-state index in [-0.39, 0.29) is 48.5 Å². The number of amides is 1. The Hall–Kier alpha value is -1.61. The highest BCUT2D eigenvalue weighted by molar-refractivity contribution is 7.99. The third-order valence-electron chi connectivity index (χ3n) is 6.01. The van der Waals surface area contributed by atoms with Crippen LogP contribution < -0.4 is 10.2 Å². The quantitative estimate of drug-likeness (QED) is 0.621. The third-order valence-corrected chi connectivity index (χ3v) is 7.19. The van der Waals surface area contributed by atoms with Crippen LogP contribution in [-0.4, -0.2) is 59.5 Å². The van der Waals surface area contributed by atoms with Crippen molar-refractivity contribution in [2.75, 3.05) is 37.6 Å². The molecule has 1 saturated heterocycles. The molecule has 0 saturated carbocycles. The zero-order valence-corrected chi connectivity index (χ0v) is 21.6. The van der Waals surface area contributed by atoms with Crippen molar-refractivity contribution in [3.05, 3.63) is 53.2 Å². The van der Waals surface area contributed by atoms with Crippen LogP contribution in [0.2, 0.25) is 0 Å². The van der Waals surface area contributed by atoms with Gasteiger partial charge in [-0.05, 0) is 24.6 Å². The molecule has 0 spiro atoms. The largest absolute Gasteiger partial charge is 0.353 e. The Kier molecular flexibility index (Phi) is 10.2. The second-order valence-electron chi connectivity index (χ2n) is 8.49. The van der Waals surface area contributed by atoms with Crippen molar-refractivity contribution in [2.24, 2.45) is 0 Å². The zero-order valence-electron chi connectivity index (χ0n) is 19.2. The van der Waals surface area contributed by atoms with E-state index in [0.29, 0.717) is 24.9 Å². The number of rotatable bonds is 6. The van der Waals surface area contributed by atoms with Crippen molar-refractivity contribution in [1.82, 2.24) is 20.2 Å². The number of carbonyl (C=O) groups excluding carboxylic acids is 1. The van der Waals surface area contributed by atoms with Crippen molar-refractivity contribution >= 4 is 48.3 Å². The summed E-state index contributed by atoms with van der Waals surface area (Å²) in [5.41, 5.74) is 3.23. The summed E-state index contributed by atoms with van der Waals surface area (Å²) >= 11 is 1.89. The van der Waals surface area contributed by atoms with E-state index in [9.17, 15) is 9.18 Å². The highest BCUT2D eigenvalue weighted by Gasteiger charge is 2.32. The van der Waals surface area contributed by atoms with Gasteiger partial charge in [0.15, 0.2) is 0 Å². The first-order valence-corrected chi connectivity index (χ1v) is 12.0. The molecule has 1 N–H and O–H groups in total. The minimum atomic E-state index is -0.325. The molecular formula is C23H32Cl2FN5OS. The van der Waals surface area contributed by atoms with Gasteiger partial charge >= 0.3 is 0 Å². The van der Waals surface area contributed by atoms with Crippen LogP contribution in [0.3, 0.4) is 0 Å². The number of hydrogen-bond acceptors (Lipinski definition) is 6. The predicted molar refractivity (Wildman–Crippen MR) is 137 cm³/mol. The van der Waals surface area contributed by atoms with Gasteiger partial charge in [0.05, 0.1) is 11.6 Å². The van der Waals surface area contributed by atoms with Crippen LogP contribution in [-0.2, 0) is 10.5 Å². The van der Waals surface area contributed by atoms with Crippen LogP contribution in [0.5, 0.6) is 0 Å². The van der Waals surface area contributed by atoms with E-state index in [1.807, 2.05) is 16.7 Å². The minimum absolute atomic E-state index is 0. The van der Waals surface area contributed by atoms with Gasteiger partial charge < -0.3 is 15.1 Å². The highest BCUT2D eigenvalue weighted by Crippen LogP contribution is 2.44. The van der Waals surface area contributed by atoms with E-state index < -0.39 is 0 Å². The second-order valence-corrected chi connectivity index (χ2v) is 9.82. The maximum Gasteiger partial charge on any atom is 0.231 e. The lowest BCUT2D eigenvalue weighted by Crippen LogP contribution is -2.51. The van der Waals surface area contributed by atoms with Crippen LogP contribution in [0.25, 0.3) is 0 Å². The summed E-state index contributed by atoms with van der Waals surface area (Å²) in [7, 11) is 0. The monoisotopic (exact) mass is 515 g/mol.